The molecule has 0 amide bonds. The van der Waals surface area contributed by atoms with Crippen molar-refractivity contribution in [2.45, 2.75) is 52.1 Å². The fourth-order valence-corrected chi connectivity index (χ4v) is 1.90. The molecule has 0 aliphatic heterocycles. The largest absolute Gasteiger partial charge is 0.456 e. The maximum Gasteiger partial charge on any atom is 0.356 e. The van der Waals surface area contributed by atoms with Gasteiger partial charge in [0.2, 0.25) is 0 Å². The molecule has 0 heterocycles. The lowest BCUT2D eigenvalue weighted by Gasteiger charge is -2.06. The van der Waals surface area contributed by atoms with Crippen LogP contribution in [0.2, 0.25) is 0 Å². The lowest BCUT2D eigenvalue weighted by atomic mass is 10.1. The highest BCUT2D eigenvalue weighted by Gasteiger charge is 2.13. The van der Waals surface area contributed by atoms with E-state index in [2.05, 4.69) is 12.1 Å². The van der Waals surface area contributed by atoms with Crippen LogP contribution in [0.3, 0.4) is 0 Å². The van der Waals surface area contributed by atoms with E-state index in [0.717, 1.165) is 24.8 Å². The Morgan fingerprint density at radius 3 is 2.50 bits per heavy atom. The van der Waals surface area contributed by atoms with E-state index in [1.807, 2.05) is 30.3 Å². The zero-order valence-electron chi connectivity index (χ0n) is 12.0. The molecule has 20 heavy (non-hydrogen) atoms. The Labute approximate surface area is 120 Å². The summed E-state index contributed by atoms with van der Waals surface area (Å²) in [6, 6.07) is 9.44. The van der Waals surface area contributed by atoms with Gasteiger partial charge in [-0.15, -0.1) is 0 Å². The van der Waals surface area contributed by atoms with Crippen LogP contribution in [-0.2, 0) is 16.1 Å². The Morgan fingerprint density at radius 1 is 1.15 bits per heavy atom. The molecule has 0 unspecified atom stereocenters. The third-order valence-electron chi connectivity index (χ3n) is 3.09. The summed E-state index contributed by atoms with van der Waals surface area (Å²) in [5, 5.41) is 11.9. The lowest BCUT2D eigenvalue weighted by Crippen LogP contribution is -2.17. The minimum Gasteiger partial charge on any atom is -0.456 e. The first-order valence-corrected chi connectivity index (χ1v) is 7.20. The topological polar surface area (TPSA) is 58.9 Å². The van der Waals surface area contributed by atoms with Gasteiger partial charge in [0, 0.05) is 6.42 Å². The predicted octanol–water partition coefficient (Wildman–Crippen LogP) is 3.92. The van der Waals surface area contributed by atoms with Gasteiger partial charge in [-0.05, 0) is 12.0 Å². The number of oxime groups is 1. The molecule has 0 radical (unpaired) electrons. The average Bonchev–Trinajstić information content (AvgIpc) is 2.49. The van der Waals surface area contributed by atoms with Crippen molar-refractivity contribution in [3.05, 3.63) is 35.9 Å². The van der Waals surface area contributed by atoms with Gasteiger partial charge in [0.15, 0.2) is 5.71 Å². The fraction of sp³-hybridized carbons (Fsp3) is 0.500. The van der Waals surface area contributed by atoms with E-state index in [0.29, 0.717) is 6.42 Å². The molecule has 1 aromatic carbocycles. The van der Waals surface area contributed by atoms with E-state index >= 15 is 0 Å². The number of benzene rings is 1. The van der Waals surface area contributed by atoms with Crippen LogP contribution in [0.15, 0.2) is 35.5 Å². The zero-order chi connectivity index (χ0) is 14.6. The Kier molecular flexibility index (Phi) is 8.11. The molecule has 0 fully saturated rings. The second kappa shape index (κ2) is 10.0. The van der Waals surface area contributed by atoms with Gasteiger partial charge in [0.05, 0.1) is 0 Å². The Hall–Kier alpha value is -1.84. The Morgan fingerprint density at radius 2 is 1.85 bits per heavy atom. The standard InChI is InChI=1S/C16H23NO3/c1-2-3-4-5-9-12-15(17-19)16(18)20-13-14-10-7-6-8-11-14/h6-8,10-11,19H,2-5,9,12-13H2,1H3. The highest BCUT2D eigenvalue weighted by atomic mass is 16.5. The van der Waals surface area contributed by atoms with E-state index in [-0.39, 0.29) is 12.3 Å². The van der Waals surface area contributed by atoms with Gasteiger partial charge >= 0.3 is 5.97 Å². The van der Waals surface area contributed by atoms with Gasteiger partial charge in [-0.2, -0.15) is 0 Å². The molecule has 110 valence electrons. The van der Waals surface area contributed by atoms with Gasteiger partial charge in [-0.3, -0.25) is 0 Å². The SMILES string of the molecule is CCCCCCCC(=NO)C(=O)OCc1ccccc1. The van der Waals surface area contributed by atoms with Crippen molar-refractivity contribution in [3.63, 3.8) is 0 Å². The number of esters is 1. The maximum absolute atomic E-state index is 11.8. The van der Waals surface area contributed by atoms with Crippen LogP contribution < -0.4 is 0 Å². The number of nitrogens with zero attached hydrogens (tertiary/aromatic N) is 1. The summed E-state index contributed by atoms with van der Waals surface area (Å²) in [7, 11) is 0. The van der Waals surface area contributed by atoms with Crippen molar-refractivity contribution >= 4 is 11.7 Å². The van der Waals surface area contributed by atoms with Crippen LogP contribution >= 0.6 is 0 Å². The molecule has 0 saturated heterocycles. The first kappa shape index (κ1) is 16.2. The zero-order valence-corrected chi connectivity index (χ0v) is 12.0. The first-order valence-electron chi connectivity index (χ1n) is 7.20. The molecule has 4 nitrogen and oxygen atoms in total. The summed E-state index contributed by atoms with van der Waals surface area (Å²) in [6.45, 7) is 2.36. The van der Waals surface area contributed by atoms with Crippen LogP contribution in [0.25, 0.3) is 0 Å². The van der Waals surface area contributed by atoms with Crippen LogP contribution in [-0.4, -0.2) is 16.9 Å². The van der Waals surface area contributed by atoms with Gasteiger partial charge in [0.1, 0.15) is 6.61 Å². The number of hydrogen-bond acceptors (Lipinski definition) is 4. The molecule has 0 aliphatic carbocycles. The molecule has 0 aliphatic rings. The van der Waals surface area contributed by atoms with Crippen molar-refractivity contribution in [3.8, 4) is 0 Å². The van der Waals surface area contributed by atoms with Gasteiger partial charge in [-0.1, -0.05) is 68.1 Å². The van der Waals surface area contributed by atoms with Crippen molar-refractivity contribution in [2.75, 3.05) is 0 Å². The fourth-order valence-electron chi connectivity index (χ4n) is 1.90. The lowest BCUT2D eigenvalue weighted by molar-refractivity contribution is -0.137. The molecule has 0 atom stereocenters. The summed E-state index contributed by atoms with van der Waals surface area (Å²) < 4.78 is 5.13. The predicted molar refractivity (Wildman–Crippen MR) is 78.8 cm³/mol. The van der Waals surface area contributed by atoms with Gasteiger partial charge in [-0.25, -0.2) is 4.79 Å². The number of carbonyl (C=O) groups is 1. The number of ether oxygens (including phenoxy) is 1. The highest BCUT2D eigenvalue weighted by molar-refractivity contribution is 6.36. The van der Waals surface area contributed by atoms with Crippen molar-refractivity contribution in [2.24, 2.45) is 5.16 Å². The summed E-state index contributed by atoms with van der Waals surface area (Å²) in [5.74, 6) is -0.535. The van der Waals surface area contributed by atoms with Crippen molar-refractivity contribution < 1.29 is 14.7 Å². The van der Waals surface area contributed by atoms with Crippen LogP contribution in [0.1, 0.15) is 51.0 Å². The average molecular weight is 277 g/mol. The summed E-state index contributed by atoms with van der Waals surface area (Å²) in [6.07, 6.45) is 5.88. The Bertz CT molecular complexity index is 415. The van der Waals surface area contributed by atoms with E-state index in [1.54, 1.807) is 0 Å². The normalized spacial score (nSPS) is 11.3. The number of hydrogen-bond donors (Lipinski definition) is 1. The molecule has 1 aromatic rings. The molecule has 1 N–H and O–H groups in total. The molecule has 0 spiro atoms. The highest BCUT2D eigenvalue weighted by Crippen LogP contribution is 2.08. The van der Waals surface area contributed by atoms with E-state index < -0.39 is 5.97 Å². The molecular formula is C16H23NO3. The van der Waals surface area contributed by atoms with Crippen LogP contribution in [0, 0.1) is 0 Å². The second-order valence-corrected chi connectivity index (χ2v) is 4.77. The van der Waals surface area contributed by atoms with Crippen LogP contribution in [0.4, 0.5) is 0 Å². The second-order valence-electron chi connectivity index (χ2n) is 4.77. The van der Waals surface area contributed by atoms with Crippen molar-refractivity contribution in [1.82, 2.24) is 0 Å². The molecule has 1 rings (SSSR count). The van der Waals surface area contributed by atoms with Gasteiger partial charge < -0.3 is 9.94 Å². The monoisotopic (exact) mass is 277 g/mol. The van der Waals surface area contributed by atoms with Crippen LogP contribution in [0.5, 0.6) is 0 Å². The molecule has 0 aromatic heterocycles. The third-order valence-corrected chi connectivity index (χ3v) is 3.09. The van der Waals surface area contributed by atoms with E-state index in [9.17, 15) is 4.79 Å². The minimum atomic E-state index is -0.535. The van der Waals surface area contributed by atoms with Crippen molar-refractivity contribution in [1.29, 1.82) is 0 Å². The minimum absolute atomic E-state index is 0.109. The molecular weight excluding hydrogens is 254 g/mol. The maximum atomic E-state index is 11.8. The smallest absolute Gasteiger partial charge is 0.356 e. The quantitative estimate of drug-likeness (QED) is 0.245. The van der Waals surface area contributed by atoms with E-state index in [1.165, 1.54) is 12.8 Å². The number of rotatable bonds is 9. The van der Waals surface area contributed by atoms with Gasteiger partial charge in [0.25, 0.3) is 0 Å². The summed E-state index contributed by atoms with van der Waals surface area (Å²) >= 11 is 0. The summed E-state index contributed by atoms with van der Waals surface area (Å²) in [4.78, 5) is 11.8. The number of carbonyl (C=O) groups excluding carboxylic acids is 1. The first-order chi connectivity index (χ1) is 9.77. The summed E-state index contributed by atoms with van der Waals surface area (Å²) in [5.41, 5.74) is 1.03. The Balaban J connectivity index is 2.29. The number of unbranched alkanes of at least 4 members (excludes halogenated alkanes) is 4. The molecule has 0 saturated carbocycles. The van der Waals surface area contributed by atoms with E-state index in [4.69, 9.17) is 9.94 Å². The molecule has 4 heteroatoms. The molecule has 0 bridgehead atoms. The third kappa shape index (κ3) is 6.36.